The van der Waals surface area contributed by atoms with Crippen LogP contribution in [0.15, 0.2) is 78.9 Å². The Morgan fingerprint density at radius 2 is 1.55 bits per heavy atom. The fourth-order valence-corrected chi connectivity index (χ4v) is 5.76. The Kier molecular flexibility index (Phi) is 11.9. The topological polar surface area (TPSA) is 86.8 Å². The number of amides is 2. The number of hydrogen-bond donors (Lipinski definition) is 1. The van der Waals surface area contributed by atoms with E-state index in [1.165, 1.54) is 12.1 Å². The van der Waals surface area contributed by atoms with Gasteiger partial charge in [-0.15, -0.1) is 0 Å². The van der Waals surface area contributed by atoms with Crippen molar-refractivity contribution >= 4 is 50.7 Å². The van der Waals surface area contributed by atoms with Crippen LogP contribution in [-0.2, 0) is 32.6 Å². The summed E-state index contributed by atoms with van der Waals surface area (Å²) in [5.74, 6) is -0.472. The molecule has 3 aromatic rings. The number of hydrogen-bond acceptors (Lipinski definition) is 4. The van der Waals surface area contributed by atoms with Gasteiger partial charge in [0, 0.05) is 37.5 Å². The molecule has 0 saturated heterocycles. The second-order valence-electron chi connectivity index (χ2n) is 9.54. The number of rotatable bonds is 14. The average molecular weight is 605 g/mol. The third-order valence-electron chi connectivity index (χ3n) is 6.35. The van der Waals surface area contributed by atoms with Gasteiger partial charge in [0.05, 0.1) is 17.0 Å². The molecule has 0 aliphatic carbocycles. The van der Waals surface area contributed by atoms with E-state index in [4.69, 9.17) is 23.2 Å². The highest BCUT2D eigenvalue weighted by molar-refractivity contribution is 7.92. The summed E-state index contributed by atoms with van der Waals surface area (Å²) >= 11 is 12.4. The van der Waals surface area contributed by atoms with Gasteiger partial charge >= 0.3 is 0 Å². The molecule has 1 N–H and O–H groups in total. The lowest BCUT2D eigenvalue weighted by molar-refractivity contribution is -0.141. The van der Waals surface area contributed by atoms with Gasteiger partial charge in [0.1, 0.15) is 6.04 Å². The van der Waals surface area contributed by atoms with Gasteiger partial charge in [0.15, 0.2) is 0 Å². The van der Waals surface area contributed by atoms with Crippen molar-refractivity contribution in [3.05, 3.63) is 100 Å². The molecular formula is C30H35Cl2N3O4S. The van der Waals surface area contributed by atoms with E-state index >= 15 is 0 Å². The summed E-state index contributed by atoms with van der Waals surface area (Å²) in [5, 5.41) is 3.54. The molecule has 0 saturated carbocycles. The molecule has 40 heavy (non-hydrogen) atoms. The lowest BCUT2D eigenvalue weighted by Gasteiger charge is -2.32. The molecule has 0 spiro atoms. The number of anilines is 1. The van der Waals surface area contributed by atoms with Gasteiger partial charge < -0.3 is 10.2 Å². The van der Waals surface area contributed by atoms with Crippen molar-refractivity contribution in [1.82, 2.24) is 10.2 Å². The summed E-state index contributed by atoms with van der Waals surface area (Å²) < 4.78 is 26.4. The molecule has 3 rings (SSSR count). The quantitative estimate of drug-likeness (QED) is 0.256. The molecule has 1 atom stereocenters. The fourth-order valence-electron chi connectivity index (χ4n) is 4.36. The largest absolute Gasteiger partial charge is 0.354 e. The third-order valence-corrected chi connectivity index (χ3v) is 8.08. The number of nitrogens with zero attached hydrogens (tertiary/aromatic N) is 2. The average Bonchev–Trinajstić information content (AvgIpc) is 2.93. The molecule has 0 aliphatic rings. The van der Waals surface area contributed by atoms with Gasteiger partial charge in [-0.25, -0.2) is 8.42 Å². The first-order valence-corrected chi connectivity index (χ1v) is 15.8. The molecule has 3 aromatic carbocycles. The van der Waals surface area contributed by atoms with Crippen LogP contribution in [0.5, 0.6) is 0 Å². The Morgan fingerprint density at radius 1 is 0.925 bits per heavy atom. The van der Waals surface area contributed by atoms with Crippen LogP contribution in [0.2, 0.25) is 10.0 Å². The third kappa shape index (κ3) is 9.25. The Balaban J connectivity index is 1.86. The van der Waals surface area contributed by atoms with E-state index in [0.717, 1.165) is 28.1 Å². The van der Waals surface area contributed by atoms with Crippen molar-refractivity contribution in [2.45, 2.75) is 45.2 Å². The standard InChI is InChI=1S/C30H35Cl2N3O4S/c1-3-18-33-30(37)28(20-23-11-6-4-7-12-23)34(22-24-13-8-5-9-14-24)29(36)15-10-19-35(40(2,38)39)27-21-25(31)16-17-26(27)32/h4-9,11-14,16-17,21,28H,3,10,15,18-20,22H2,1-2H3,(H,33,37)/t28-/m1/s1. The Hall–Kier alpha value is -3.07. The Labute approximate surface area is 247 Å². The minimum Gasteiger partial charge on any atom is -0.354 e. The summed E-state index contributed by atoms with van der Waals surface area (Å²) in [4.78, 5) is 28.8. The van der Waals surface area contributed by atoms with E-state index in [2.05, 4.69) is 5.32 Å². The summed E-state index contributed by atoms with van der Waals surface area (Å²) in [6.07, 6.45) is 2.45. The first kappa shape index (κ1) is 31.5. The number of sulfonamides is 1. The molecule has 0 radical (unpaired) electrons. The van der Waals surface area contributed by atoms with Crippen LogP contribution in [0.1, 0.15) is 37.3 Å². The van der Waals surface area contributed by atoms with E-state index in [1.54, 1.807) is 11.0 Å². The molecule has 0 bridgehead atoms. The summed E-state index contributed by atoms with van der Waals surface area (Å²) in [5.41, 5.74) is 2.08. The zero-order valence-electron chi connectivity index (χ0n) is 22.7. The highest BCUT2D eigenvalue weighted by Gasteiger charge is 2.30. The zero-order valence-corrected chi connectivity index (χ0v) is 25.1. The van der Waals surface area contributed by atoms with Crippen molar-refractivity contribution < 1.29 is 18.0 Å². The predicted octanol–water partition coefficient (Wildman–Crippen LogP) is 5.71. The number of carbonyl (C=O) groups excluding carboxylic acids is 2. The SMILES string of the molecule is CCCNC(=O)[C@@H](Cc1ccccc1)N(Cc1ccccc1)C(=O)CCCN(c1cc(Cl)ccc1Cl)S(C)(=O)=O. The van der Waals surface area contributed by atoms with Crippen molar-refractivity contribution in [3.8, 4) is 0 Å². The van der Waals surface area contributed by atoms with E-state index in [1.807, 2.05) is 67.6 Å². The fraction of sp³-hybridized carbons (Fsp3) is 0.333. The maximum absolute atomic E-state index is 13.8. The van der Waals surface area contributed by atoms with E-state index in [-0.39, 0.29) is 48.5 Å². The molecule has 0 aliphatic heterocycles. The summed E-state index contributed by atoms with van der Waals surface area (Å²) in [6, 6.07) is 22.9. The minimum absolute atomic E-state index is 0.0230. The molecule has 0 unspecified atom stereocenters. The molecule has 0 heterocycles. The molecule has 0 fully saturated rings. The van der Waals surface area contributed by atoms with Crippen LogP contribution in [0.25, 0.3) is 0 Å². The maximum atomic E-state index is 13.8. The highest BCUT2D eigenvalue weighted by atomic mass is 35.5. The second kappa shape index (κ2) is 15.1. The van der Waals surface area contributed by atoms with Gasteiger partial charge in [-0.2, -0.15) is 0 Å². The van der Waals surface area contributed by atoms with Gasteiger partial charge in [-0.1, -0.05) is 90.8 Å². The summed E-state index contributed by atoms with van der Waals surface area (Å²) in [7, 11) is -3.70. The first-order valence-electron chi connectivity index (χ1n) is 13.2. The monoisotopic (exact) mass is 603 g/mol. The second-order valence-corrected chi connectivity index (χ2v) is 12.3. The van der Waals surface area contributed by atoms with E-state index in [0.29, 0.717) is 18.0 Å². The van der Waals surface area contributed by atoms with Crippen LogP contribution in [0, 0.1) is 0 Å². The molecular weight excluding hydrogens is 569 g/mol. The van der Waals surface area contributed by atoms with Crippen molar-refractivity contribution in [1.29, 1.82) is 0 Å². The predicted molar refractivity (Wildman–Crippen MR) is 162 cm³/mol. The highest BCUT2D eigenvalue weighted by Crippen LogP contribution is 2.31. The van der Waals surface area contributed by atoms with Crippen molar-refractivity contribution in [2.75, 3.05) is 23.7 Å². The maximum Gasteiger partial charge on any atom is 0.243 e. The van der Waals surface area contributed by atoms with Crippen LogP contribution in [0.4, 0.5) is 5.69 Å². The molecule has 2 amide bonds. The lowest BCUT2D eigenvalue weighted by Crippen LogP contribution is -2.50. The van der Waals surface area contributed by atoms with E-state index < -0.39 is 16.1 Å². The van der Waals surface area contributed by atoms with Crippen molar-refractivity contribution in [2.24, 2.45) is 0 Å². The lowest BCUT2D eigenvalue weighted by atomic mass is 10.0. The number of nitrogens with one attached hydrogen (secondary N) is 1. The number of halogens is 2. The van der Waals surface area contributed by atoms with Crippen LogP contribution >= 0.6 is 23.2 Å². The molecule has 7 nitrogen and oxygen atoms in total. The van der Waals surface area contributed by atoms with Crippen LogP contribution < -0.4 is 9.62 Å². The Bertz CT molecular complexity index is 1370. The normalized spacial score (nSPS) is 12.0. The zero-order chi connectivity index (χ0) is 29.1. The van der Waals surface area contributed by atoms with Gasteiger partial charge in [-0.05, 0) is 42.2 Å². The molecule has 10 heteroatoms. The van der Waals surface area contributed by atoms with Gasteiger partial charge in [0.2, 0.25) is 21.8 Å². The van der Waals surface area contributed by atoms with Gasteiger partial charge in [-0.3, -0.25) is 13.9 Å². The van der Waals surface area contributed by atoms with Gasteiger partial charge in [0.25, 0.3) is 0 Å². The first-order chi connectivity index (χ1) is 19.1. The van der Waals surface area contributed by atoms with Crippen molar-refractivity contribution in [3.63, 3.8) is 0 Å². The Morgan fingerprint density at radius 3 is 2.15 bits per heavy atom. The smallest absolute Gasteiger partial charge is 0.243 e. The van der Waals surface area contributed by atoms with E-state index in [9.17, 15) is 18.0 Å². The molecule has 214 valence electrons. The molecule has 0 aromatic heterocycles. The summed E-state index contributed by atoms with van der Waals surface area (Å²) in [6.45, 7) is 2.74. The van der Waals surface area contributed by atoms with Crippen LogP contribution in [0.3, 0.4) is 0 Å². The number of carbonyl (C=O) groups is 2. The van der Waals surface area contributed by atoms with Crippen LogP contribution in [-0.4, -0.2) is 50.5 Å². The minimum atomic E-state index is -3.70. The number of benzene rings is 3.